The molecule has 0 bridgehead atoms. The third kappa shape index (κ3) is 5.80. The lowest BCUT2D eigenvalue weighted by Gasteiger charge is -2.58. The Balaban J connectivity index is 1.57. The van der Waals surface area contributed by atoms with Crippen molar-refractivity contribution in [2.75, 3.05) is 0 Å². The highest BCUT2D eigenvalue weighted by Crippen LogP contribution is 2.67. The molecule has 3 unspecified atom stereocenters. The monoisotopic (exact) mass is 546 g/mol. The lowest BCUT2D eigenvalue weighted by Crippen LogP contribution is -2.50. The van der Waals surface area contributed by atoms with Crippen LogP contribution >= 0.6 is 0 Å². The quantitative estimate of drug-likeness (QED) is 0.235. The van der Waals surface area contributed by atoms with Crippen LogP contribution in [0.1, 0.15) is 58.8 Å². The first kappa shape index (κ1) is 28.3. The summed E-state index contributed by atoms with van der Waals surface area (Å²) in [6.45, 7) is 25.8. The predicted molar refractivity (Wildman–Crippen MR) is 160 cm³/mol. The molecule has 36 heavy (non-hydrogen) atoms. The van der Waals surface area contributed by atoms with Gasteiger partial charge in [-0.05, 0) is 145 Å². The first-order chi connectivity index (χ1) is 16.4. The van der Waals surface area contributed by atoms with Gasteiger partial charge in [-0.25, -0.2) is 0 Å². The van der Waals surface area contributed by atoms with E-state index in [0.717, 1.165) is 29.9 Å². The molecule has 3 nitrogen and oxygen atoms in total. The second-order valence-corrected chi connectivity index (χ2v) is 29.0. The van der Waals surface area contributed by atoms with E-state index in [9.17, 15) is 0 Å². The molecule has 204 valence electrons. The van der Waals surface area contributed by atoms with E-state index in [1.165, 1.54) is 44.3 Å². The van der Waals surface area contributed by atoms with Crippen molar-refractivity contribution in [3.63, 3.8) is 0 Å². The van der Waals surface area contributed by atoms with Gasteiger partial charge in [0.05, 0.1) is 5.76 Å². The van der Waals surface area contributed by atoms with Gasteiger partial charge in [0.1, 0.15) is 12.0 Å². The van der Waals surface area contributed by atoms with E-state index in [0.29, 0.717) is 16.7 Å². The predicted octanol–water partition coefficient (Wildman–Crippen LogP) is 9.46. The van der Waals surface area contributed by atoms with Crippen molar-refractivity contribution < 1.29 is 13.3 Å². The highest BCUT2D eigenvalue weighted by atomic mass is 28.4. The lowest BCUT2D eigenvalue weighted by atomic mass is 9.47. The van der Waals surface area contributed by atoms with Gasteiger partial charge in [0.2, 0.25) is 25.0 Å². The van der Waals surface area contributed by atoms with Gasteiger partial charge in [-0.15, -0.1) is 0 Å². The summed E-state index contributed by atoms with van der Waals surface area (Å²) in [5.74, 6) is 5.25. The Morgan fingerprint density at radius 1 is 0.861 bits per heavy atom. The van der Waals surface area contributed by atoms with Gasteiger partial charge in [0.25, 0.3) is 0 Å². The lowest BCUT2D eigenvalue weighted by molar-refractivity contribution is -0.0459. The van der Waals surface area contributed by atoms with Gasteiger partial charge in [0, 0.05) is 5.92 Å². The van der Waals surface area contributed by atoms with E-state index in [1.54, 1.807) is 5.57 Å². The summed E-state index contributed by atoms with van der Waals surface area (Å²) in [5.41, 5.74) is 2.30. The SMILES string of the molecule is C[C@]12CC=C(O[Si](C)(C)C)C=C1CCC1C2CC[C@@]2(C)C1CC[C@@H]2/C(=C/O[Si](C)(C)C)O[Si](C)(C)C. The van der Waals surface area contributed by atoms with Crippen LogP contribution in [-0.4, -0.2) is 25.0 Å². The molecule has 4 aliphatic carbocycles. The molecule has 6 heteroatoms. The van der Waals surface area contributed by atoms with Crippen molar-refractivity contribution in [2.45, 2.75) is 118 Å². The van der Waals surface area contributed by atoms with Crippen molar-refractivity contribution in [1.29, 1.82) is 0 Å². The van der Waals surface area contributed by atoms with E-state index < -0.39 is 25.0 Å². The Hall–Kier alpha value is -0.729. The summed E-state index contributed by atoms with van der Waals surface area (Å²) in [4.78, 5) is 0. The molecule has 4 aliphatic rings. The summed E-state index contributed by atoms with van der Waals surface area (Å²) in [6.07, 6.45) is 15.9. The molecule has 0 radical (unpaired) electrons. The molecule has 0 spiro atoms. The van der Waals surface area contributed by atoms with Crippen LogP contribution in [0, 0.1) is 34.5 Å². The Morgan fingerprint density at radius 2 is 1.56 bits per heavy atom. The molecule has 0 saturated heterocycles. The normalized spacial score (nSPS) is 37.2. The van der Waals surface area contributed by atoms with Crippen molar-refractivity contribution in [1.82, 2.24) is 0 Å². The minimum Gasteiger partial charge on any atom is -0.547 e. The molecular weight excluding hydrogens is 493 g/mol. The van der Waals surface area contributed by atoms with E-state index in [-0.39, 0.29) is 0 Å². The number of hydrogen-bond donors (Lipinski definition) is 0. The number of hydrogen-bond acceptors (Lipinski definition) is 3. The van der Waals surface area contributed by atoms with E-state index >= 15 is 0 Å². The van der Waals surface area contributed by atoms with Gasteiger partial charge in [-0.2, -0.15) is 0 Å². The first-order valence-electron chi connectivity index (χ1n) is 14.6. The van der Waals surface area contributed by atoms with Gasteiger partial charge in [-0.1, -0.05) is 19.4 Å². The Bertz CT molecular complexity index is 933. The van der Waals surface area contributed by atoms with Gasteiger partial charge in [-0.3, -0.25) is 0 Å². The average molecular weight is 547 g/mol. The average Bonchev–Trinajstić information content (AvgIpc) is 3.06. The summed E-state index contributed by atoms with van der Waals surface area (Å²) in [7, 11) is -4.95. The fourth-order valence-electron chi connectivity index (χ4n) is 8.05. The summed E-state index contributed by atoms with van der Waals surface area (Å²) < 4.78 is 19.6. The fourth-order valence-corrected chi connectivity index (χ4v) is 10.3. The van der Waals surface area contributed by atoms with Crippen LogP contribution in [0.3, 0.4) is 0 Å². The van der Waals surface area contributed by atoms with Crippen molar-refractivity contribution in [3.8, 4) is 0 Å². The third-order valence-electron chi connectivity index (χ3n) is 9.50. The summed E-state index contributed by atoms with van der Waals surface area (Å²) in [5, 5.41) is 0. The maximum absolute atomic E-state index is 6.79. The molecule has 0 heterocycles. The minimum atomic E-state index is -1.72. The van der Waals surface area contributed by atoms with Gasteiger partial charge >= 0.3 is 0 Å². The van der Waals surface area contributed by atoms with Crippen molar-refractivity contribution in [3.05, 3.63) is 35.5 Å². The van der Waals surface area contributed by atoms with Crippen LogP contribution in [0.15, 0.2) is 35.5 Å². The van der Waals surface area contributed by atoms with E-state index in [2.05, 4.69) is 91.2 Å². The van der Waals surface area contributed by atoms with Crippen LogP contribution in [0.2, 0.25) is 58.9 Å². The Labute approximate surface area is 225 Å². The highest BCUT2D eigenvalue weighted by Gasteiger charge is 2.59. The molecule has 0 aromatic carbocycles. The standard InChI is InChI=1S/C30H54O3Si3/c1-29-18-16-23(32-35(6,7)8)20-22(29)12-13-24-25-14-15-27(30(25,2)19-17-26(24)29)28(33-36(9,10)11)21-31-34(3,4)5/h16,20-21,24-27H,12-15,17-19H2,1-11H3/b28-21-/t24?,25?,26?,27-,29+,30+/m1/s1. The van der Waals surface area contributed by atoms with Crippen molar-refractivity contribution in [2.24, 2.45) is 34.5 Å². The third-order valence-corrected chi connectivity index (χ3v) is 12.0. The smallest absolute Gasteiger partial charge is 0.242 e. The topological polar surface area (TPSA) is 27.7 Å². The molecular formula is C30H54O3Si3. The molecule has 3 saturated carbocycles. The second-order valence-electron chi connectivity index (χ2n) is 15.7. The zero-order valence-corrected chi connectivity index (χ0v) is 28.2. The summed E-state index contributed by atoms with van der Waals surface area (Å²) in [6, 6.07) is 0. The molecule has 0 aromatic heterocycles. The van der Waals surface area contributed by atoms with E-state index in [1.807, 2.05) is 0 Å². The molecule has 4 rings (SSSR count). The van der Waals surface area contributed by atoms with Crippen LogP contribution in [-0.2, 0) is 13.3 Å². The summed E-state index contributed by atoms with van der Waals surface area (Å²) >= 11 is 0. The fraction of sp³-hybridized carbons (Fsp3) is 0.800. The molecule has 0 N–H and O–H groups in total. The maximum Gasteiger partial charge on any atom is 0.242 e. The van der Waals surface area contributed by atoms with Gasteiger partial charge < -0.3 is 13.3 Å². The number of allylic oxidation sites excluding steroid dienone is 4. The van der Waals surface area contributed by atoms with Crippen molar-refractivity contribution >= 4 is 25.0 Å². The van der Waals surface area contributed by atoms with Gasteiger partial charge in [0.15, 0.2) is 0 Å². The van der Waals surface area contributed by atoms with Crippen LogP contribution in [0.4, 0.5) is 0 Å². The van der Waals surface area contributed by atoms with E-state index in [4.69, 9.17) is 13.3 Å². The molecule has 6 atom stereocenters. The molecule has 0 aromatic rings. The zero-order valence-electron chi connectivity index (χ0n) is 25.2. The Kier molecular flexibility index (Phi) is 7.44. The first-order valence-corrected chi connectivity index (χ1v) is 24.8. The largest absolute Gasteiger partial charge is 0.547 e. The van der Waals surface area contributed by atoms with Crippen LogP contribution in [0.25, 0.3) is 0 Å². The number of rotatable bonds is 7. The van der Waals surface area contributed by atoms with Crippen LogP contribution < -0.4 is 0 Å². The minimum absolute atomic E-state index is 0.309. The molecule has 0 aliphatic heterocycles. The molecule has 0 amide bonds. The Morgan fingerprint density at radius 3 is 2.17 bits per heavy atom. The van der Waals surface area contributed by atoms with Crippen LogP contribution in [0.5, 0.6) is 0 Å². The zero-order chi connectivity index (χ0) is 26.7. The number of fused-ring (bicyclic) bond motifs is 5. The molecule has 3 fully saturated rings. The maximum atomic E-state index is 6.79. The highest BCUT2D eigenvalue weighted by molar-refractivity contribution is 6.70. The second kappa shape index (κ2) is 9.48.